The topological polar surface area (TPSA) is 72.6 Å². The minimum atomic E-state index is -1.38. The van der Waals surface area contributed by atoms with Crippen molar-refractivity contribution in [3.8, 4) is 5.75 Å². The van der Waals surface area contributed by atoms with Crippen LogP contribution in [0.4, 0.5) is 8.78 Å². The lowest BCUT2D eigenvalue weighted by molar-refractivity contribution is 0.0958. The molecule has 0 spiro atoms. The van der Waals surface area contributed by atoms with Gasteiger partial charge in [-0.1, -0.05) is 6.07 Å². The van der Waals surface area contributed by atoms with Crippen molar-refractivity contribution in [1.82, 2.24) is 0 Å². The number of ether oxygens (including phenoxy) is 1. The molecule has 0 aliphatic rings. The maximum atomic E-state index is 13.6. The molecule has 1 unspecified atom stereocenters. The molecule has 2 aromatic carbocycles. The summed E-state index contributed by atoms with van der Waals surface area (Å²) >= 11 is 0. The van der Waals surface area contributed by atoms with Crippen LogP contribution in [0.5, 0.6) is 5.75 Å². The average Bonchev–Trinajstić information content (AvgIpc) is 2.47. The number of hydrogen-bond acceptors (Lipinski definition) is 3. The molecule has 4 nitrogen and oxygen atoms in total. The minimum absolute atomic E-state index is 0.150. The minimum Gasteiger partial charge on any atom is -0.490 e. The molecule has 3 N–H and O–H groups in total. The van der Waals surface area contributed by atoms with Crippen molar-refractivity contribution in [2.24, 2.45) is 5.73 Å². The van der Waals surface area contributed by atoms with Crippen LogP contribution in [0, 0.1) is 18.6 Å². The molecule has 1 atom stereocenters. The molecule has 0 heterocycles. The smallest absolute Gasteiger partial charge is 0.252 e. The van der Waals surface area contributed by atoms with Crippen LogP contribution in [0.1, 0.15) is 27.6 Å². The van der Waals surface area contributed by atoms with Crippen molar-refractivity contribution in [3.63, 3.8) is 0 Å². The Kier molecular flexibility index (Phi) is 4.72. The second-order valence-electron chi connectivity index (χ2n) is 4.86. The first-order valence-corrected chi connectivity index (χ1v) is 6.54. The van der Waals surface area contributed by atoms with E-state index in [0.717, 1.165) is 23.8 Å². The van der Waals surface area contributed by atoms with Crippen molar-refractivity contribution in [2.45, 2.75) is 13.0 Å². The molecule has 0 fully saturated rings. The maximum absolute atomic E-state index is 13.6. The molecule has 0 aliphatic heterocycles. The number of primary amides is 1. The lowest BCUT2D eigenvalue weighted by atomic mass is 10.1. The number of rotatable bonds is 5. The van der Waals surface area contributed by atoms with Gasteiger partial charge in [-0.2, -0.15) is 0 Å². The molecule has 2 aromatic rings. The number of aliphatic hydroxyl groups is 1. The fraction of sp³-hybridized carbons (Fsp3) is 0.188. The molecular weight excluding hydrogens is 292 g/mol. The van der Waals surface area contributed by atoms with Gasteiger partial charge in [-0.05, 0) is 42.8 Å². The molecule has 0 bridgehead atoms. The van der Waals surface area contributed by atoms with Gasteiger partial charge in [0.1, 0.15) is 30.1 Å². The summed E-state index contributed by atoms with van der Waals surface area (Å²) in [6.07, 6.45) is -1.38. The first-order valence-electron chi connectivity index (χ1n) is 6.54. The lowest BCUT2D eigenvalue weighted by Gasteiger charge is -2.15. The first kappa shape index (κ1) is 15.9. The lowest BCUT2D eigenvalue weighted by Crippen LogP contribution is -2.16. The Hall–Kier alpha value is -2.47. The molecule has 0 aromatic heterocycles. The fourth-order valence-corrected chi connectivity index (χ4v) is 1.98. The fourth-order valence-electron chi connectivity index (χ4n) is 1.98. The number of nitrogens with two attached hydrogens (primary N) is 1. The second-order valence-corrected chi connectivity index (χ2v) is 4.86. The van der Waals surface area contributed by atoms with Crippen LogP contribution in [0.2, 0.25) is 0 Å². The Balaban J connectivity index is 2.17. The molecule has 1 amide bonds. The van der Waals surface area contributed by atoms with Crippen LogP contribution in [0.3, 0.4) is 0 Å². The number of aryl methyl sites for hydroxylation is 1. The van der Waals surface area contributed by atoms with Crippen LogP contribution in [-0.2, 0) is 0 Å². The predicted molar refractivity (Wildman–Crippen MR) is 76.5 cm³/mol. The normalized spacial score (nSPS) is 12.0. The van der Waals surface area contributed by atoms with E-state index in [1.54, 1.807) is 19.1 Å². The van der Waals surface area contributed by atoms with E-state index in [2.05, 4.69) is 0 Å². The van der Waals surface area contributed by atoms with E-state index in [1.165, 1.54) is 6.07 Å². The van der Waals surface area contributed by atoms with Gasteiger partial charge in [-0.15, -0.1) is 0 Å². The molecule has 0 aliphatic carbocycles. The standard InChI is InChI=1S/C16H15F2NO3/c1-9-2-4-11(16(19)21)15(6-9)22-8-14(20)12-7-10(17)3-5-13(12)18/h2-7,14,20H,8H2,1H3,(H2,19,21). The zero-order chi connectivity index (χ0) is 16.3. The summed E-state index contributed by atoms with van der Waals surface area (Å²) in [6.45, 7) is 1.45. The van der Waals surface area contributed by atoms with Gasteiger partial charge in [0.15, 0.2) is 0 Å². The monoisotopic (exact) mass is 307 g/mol. The van der Waals surface area contributed by atoms with Crippen molar-refractivity contribution in [1.29, 1.82) is 0 Å². The number of amides is 1. The van der Waals surface area contributed by atoms with Crippen LogP contribution >= 0.6 is 0 Å². The quantitative estimate of drug-likeness (QED) is 0.891. The molecule has 22 heavy (non-hydrogen) atoms. The Morgan fingerprint density at radius 1 is 1.27 bits per heavy atom. The zero-order valence-corrected chi connectivity index (χ0v) is 11.8. The van der Waals surface area contributed by atoms with Gasteiger partial charge in [0.2, 0.25) is 0 Å². The van der Waals surface area contributed by atoms with Crippen molar-refractivity contribution in [2.75, 3.05) is 6.61 Å². The van der Waals surface area contributed by atoms with Crippen LogP contribution in [-0.4, -0.2) is 17.6 Å². The van der Waals surface area contributed by atoms with Gasteiger partial charge < -0.3 is 15.6 Å². The Bertz CT molecular complexity index is 704. The summed E-state index contributed by atoms with van der Waals surface area (Å²) in [5.41, 5.74) is 6.00. The van der Waals surface area contributed by atoms with Crippen molar-refractivity contribution >= 4 is 5.91 Å². The predicted octanol–water partition coefficient (Wildman–Crippen LogP) is 2.48. The van der Waals surface area contributed by atoms with E-state index in [4.69, 9.17) is 10.5 Å². The summed E-state index contributed by atoms with van der Waals surface area (Å²) in [5.74, 6) is -1.90. The highest BCUT2D eigenvalue weighted by molar-refractivity contribution is 5.95. The molecule has 116 valence electrons. The number of benzene rings is 2. The Morgan fingerprint density at radius 3 is 2.68 bits per heavy atom. The molecule has 2 rings (SSSR count). The van der Waals surface area contributed by atoms with E-state index in [1.807, 2.05) is 0 Å². The summed E-state index contributed by atoms with van der Waals surface area (Å²) < 4.78 is 32.0. The van der Waals surface area contributed by atoms with Gasteiger partial charge in [0, 0.05) is 5.56 Å². The van der Waals surface area contributed by atoms with Crippen LogP contribution < -0.4 is 10.5 Å². The Morgan fingerprint density at radius 2 is 2.00 bits per heavy atom. The molecule has 6 heteroatoms. The van der Waals surface area contributed by atoms with E-state index in [-0.39, 0.29) is 23.5 Å². The molecule has 0 saturated carbocycles. The zero-order valence-electron chi connectivity index (χ0n) is 11.8. The van der Waals surface area contributed by atoms with E-state index in [0.29, 0.717) is 0 Å². The number of hydrogen-bond donors (Lipinski definition) is 2. The summed E-state index contributed by atoms with van der Waals surface area (Å²) in [6, 6.07) is 7.55. The average molecular weight is 307 g/mol. The molecule has 0 radical (unpaired) electrons. The number of carbonyl (C=O) groups is 1. The van der Waals surface area contributed by atoms with E-state index >= 15 is 0 Å². The van der Waals surface area contributed by atoms with Crippen LogP contribution in [0.15, 0.2) is 36.4 Å². The second kappa shape index (κ2) is 6.53. The summed E-state index contributed by atoms with van der Waals surface area (Å²) in [7, 11) is 0. The molecular formula is C16H15F2NO3. The van der Waals surface area contributed by atoms with Crippen molar-refractivity contribution in [3.05, 3.63) is 64.7 Å². The summed E-state index contributed by atoms with van der Waals surface area (Å²) in [5, 5.41) is 9.94. The Labute approximate surface area is 126 Å². The number of halogens is 2. The third kappa shape index (κ3) is 3.59. The summed E-state index contributed by atoms with van der Waals surface area (Å²) in [4.78, 5) is 11.3. The van der Waals surface area contributed by atoms with Crippen LogP contribution in [0.25, 0.3) is 0 Å². The van der Waals surface area contributed by atoms with E-state index in [9.17, 15) is 18.7 Å². The third-order valence-corrected chi connectivity index (χ3v) is 3.12. The number of aliphatic hydroxyl groups excluding tert-OH is 1. The van der Waals surface area contributed by atoms with Gasteiger partial charge in [0.05, 0.1) is 5.56 Å². The van der Waals surface area contributed by atoms with Gasteiger partial charge >= 0.3 is 0 Å². The van der Waals surface area contributed by atoms with Gasteiger partial charge in [-0.3, -0.25) is 4.79 Å². The van der Waals surface area contributed by atoms with Crippen molar-refractivity contribution < 1.29 is 23.4 Å². The largest absolute Gasteiger partial charge is 0.490 e. The first-order chi connectivity index (χ1) is 10.4. The van der Waals surface area contributed by atoms with Gasteiger partial charge in [0.25, 0.3) is 5.91 Å². The van der Waals surface area contributed by atoms with E-state index < -0.39 is 23.6 Å². The van der Waals surface area contributed by atoms with Gasteiger partial charge in [-0.25, -0.2) is 8.78 Å². The number of carbonyl (C=O) groups excluding carboxylic acids is 1. The highest BCUT2D eigenvalue weighted by atomic mass is 19.1. The SMILES string of the molecule is Cc1ccc(C(N)=O)c(OCC(O)c2cc(F)ccc2F)c1. The highest BCUT2D eigenvalue weighted by Crippen LogP contribution is 2.23. The molecule has 0 saturated heterocycles. The highest BCUT2D eigenvalue weighted by Gasteiger charge is 2.16. The third-order valence-electron chi connectivity index (χ3n) is 3.12. The maximum Gasteiger partial charge on any atom is 0.252 e.